The number of ether oxygens (including phenoxy) is 1. The number of rotatable bonds is 2. The van der Waals surface area contributed by atoms with Crippen molar-refractivity contribution in [2.75, 3.05) is 5.75 Å². The largest absolute Gasteiger partial charge is 0.458 e. The van der Waals surface area contributed by atoms with Crippen LogP contribution in [0.5, 0.6) is 0 Å². The van der Waals surface area contributed by atoms with Gasteiger partial charge in [-0.2, -0.15) is 0 Å². The van der Waals surface area contributed by atoms with Crippen LogP contribution < -0.4 is 0 Å². The molecule has 3 fully saturated rings. The van der Waals surface area contributed by atoms with Gasteiger partial charge in [0.05, 0.1) is 10.8 Å². The van der Waals surface area contributed by atoms with Crippen molar-refractivity contribution < 1.29 is 18.5 Å². The number of carbonyl (C=O) groups is 2. The second-order valence-electron chi connectivity index (χ2n) is 10.3. The first kappa shape index (κ1) is 19.7. The molecule has 1 saturated heterocycles. The highest BCUT2D eigenvalue weighted by atomic mass is 32.2. The van der Waals surface area contributed by atoms with E-state index in [1.54, 1.807) is 0 Å². The normalized spacial score (nSPS) is 44.9. The number of ketones is 1. The second kappa shape index (κ2) is 6.38. The van der Waals surface area contributed by atoms with Gasteiger partial charge in [-0.15, -0.1) is 0 Å². The van der Waals surface area contributed by atoms with E-state index in [9.17, 15) is 13.8 Å². The van der Waals surface area contributed by atoms with Crippen molar-refractivity contribution in [2.45, 2.75) is 84.2 Å². The molecule has 5 heteroatoms. The third-order valence-electron chi connectivity index (χ3n) is 9.26. The molecule has 0 amide bonds. The fraction of sp³-hybridized carbons (Fsp3) is 0.750. The van der Waals surface area contributed by atoms with Crippen molar-refractivity contribution in [3.63, 3.8) is 0 Å². The van der Waals surface area contributed by atoms with Gasteiger partial charge in [-0.25, -0.2) is 0 Å². The minimum absolute atomic E-state index is 0.0611. The Bertz CT molecular complexity index is 885. The van der Waals surface area contributed by atoms with Crippen LogP contribution in [0.3, 0.4) is 0 Å². The summed E-state index contributed by atoms with van der Waals surface area (Å²) < 4.78 is 19.2. The summed E-state index contributed by atoms with van der Waals surface area (Å²) >= 11 is 0. The molecule has 6 atom stereocenters. The zero-order valence-electron chi connectivity index (χ0n) is 17.8. The molecule has 0 radical (unpaired) electrons. The van der Waals surface area contributed by atoms with Gasteiger partial charge in [0.25, 0.3) is 0 Å². The number of hydrogen-bond acceptors (Lipinski definition) is 4. The Labute approximate surface area is 176 Å². The highest BCUT2D eigenvalue weighted by Crippen LogP contribution is 2.67. The Hall–Kier alpha value is -1.23. The molecule has 0 bridgehead atoms. The number of fused-ring (bicyclic) bond motifs is 5. The molecule has 1 spiro atoms. The molecule has 1 aliphatic heterocycles. The molecule has 5 rings (SSSR count). The Morgan fingerprint density at radius 2 is 1.86 bits per heavy atom. The van der Waals surface area contributed by atoms with E-state index in [0.29, 0.717) is 36.7 Å². The van der Waals surface area contributed by atoms with E-state index in [4.69, 9.17) is 4.74 Å². The summed E-state index contributed by atoms with van der Waals surface area (Å²) in [6.45, 7) is 6.64. The lowest BCUT2D eigenvalue weighted by atomic mass is 9.50. The van der Waals surface area contributed by atoms with E-state index < -0.39 is 10.8 Å². The van der Waals surface area contributed by atoms with E-state index >= 15 is 0 Å². The molecule has 4 aliphatic carbocycles. The molecule has 4 nitrogen and oxygen atoms in total. The molecule has 3 unspecified atom stereocenters. The van der Waals surface area contributed by atoms with Gasteiger partial charge in [0.1, 0.15) is 11.4 Å². The molecule has 0 aromatic heterocycles. The molecule has 158 valence electrons. The quantitative estimate of drug-likeness (QED) is 0.617. The van der Waals surface area contributed by atoms with Crippen molar-refractivity contribution in [3.8, 4) is 0 Å². The fourth-order valence-electron chi connectivity index (χ4n) is 7.40. The van der Waals surface area contributed by atoms with Crippen LogP contribution in [0.25, 0.3) is 0 Å². The van der Waals surface area contributed by atoms with Crippen molar-refractivity contribution >= 4 is 22.6 Å². The zero-order valence-corrected chi connectivity index (χ0v) is 18.7. The summed E-state index contributed by atoms with van der Waals surface area (Å²) in [5.74, 6) is 1.46. The van der Waals surface area contributed by atoms with Crippen molar-refractivity contribution in [2.24, 2.45) is 22.7 Å². The number of Topliss-reactive ketones (excluding diaryl/α,β-unsaturated/α-hetero) is 1. The predicted molar refractivity (Wildman–Crippen MR) is 112 cm³/mol. The minimum Gasteiger partial charge on any atom is -0.458 e. The third kappa shape index (κ3) is 2.52. The van der Waals surface area contributed by atoms with Crippen LogP contribution in [-0.4, -0.2) is 27.3 Å². The molecular weight excluding hydrogens is 384 g/mol. The zero-order chi connectivity index (χ0) is 20.6. The van der Waals surface area contributed by atoms with Crippen LogP contribution in [0.2, 0.25) is 0 Å². The number of hydrogen-bond donors (Lipinski definition) is 0. The average Bonchev–Trinajstić information content (AvgIpc) is 3.22. The van der Waals surface area contributed by atoms with E-state index in [0.717, 1.165) is 43.4 Å². The Balaban J connectivity index is 1.69. The Morgan fingerprint density at radius 1 is 1.10 bits per heavy atom. The standard InChI is InChI=1S/C24H32O4S/c1-4-29(27)19-14-15-13-16(25)5-9-22(15,2)17-6-10-23(3)18(21(17)19)7-11-24(23)12-8-20(26)28-24/h14-15,17H,4-13H2,1-3H3/t15?,17?,22-,23-,24+,29?/m0/s1. The molecular formula is C24H32O4S. The van der Waals surface area contributed by atoms with Gasteiger partial charge in [0, 0.05) is 35.3 Å². The lowest BCUT2D eigenvalue weighted by Crippen LogP contribution is -2.50. The van der Waals surface area contributed by atoms with Gasteiger partial charge < -0.3 is 4.74 Å². The average molecular weight is 417 g/mol. The highest BCUT2D eigenvalue weighted by Gasteiger charge is 2.64. The van der Waals surface area contributed by atoms with Crippen LogP contribution in [0.4, 0.5) is 0 Å². The van der Waals surface area contributed by atoms with Crippen LogP contribution in [-0.2, 0) is 25.1 Å². The minimum atomic E-state index is -1.04. The first-order chi connectivity index (χ1) is 13.7. The maximum absolute atomic E-state index is 13.2. The van der Waals surface area contributed by atoms with Crippen molar-refractivity contribution in [1.29, 1.82) is 0 Å². The van der Waals surface area contributed by atoms with Crippen molar-refractivity contribution in [1.82, 2.24) is 0 Å². The lowest BCUT2D eigenvalue weighted by molar-refractivity contribution is -0.156. The fourth-order valence-corrected chi connectivity index (χ4v) is 8.54. The van der Waals surface area contributed by atoms with Crippen molar-refractivity contribution in [3.05, 3.63) is 22.1 Å². The predicted octanol–water partition coefficient (Wildman–Crippen LogP) is 4.61. The molecule has 5 aliphatic rings. The number of carbonyl (C=O) groups excluding carboxylic acids is 2. The molecule has 1 heterocycles. The Kier molecular flexibility index (Phi) is 4.34. The van der Waals surface area contributed by atoms with Gasteiger partial charge in [-0.1, -0.05) is 32.4 Å². The van der Waals surface area contributed by atoms with Gasteiger partial charge >= 0.3 is 5.97 Å². The summed E-state index contributed by atoms with van der Waals surface area (Å²) in [6.07, 6.45) is 9.63. The Morgan fingerprint density at radius 3 is 2.55 bits per heavy atom. The second-order valence-corrected chi connectivity index (χ2v) is 12.0. The first-order valence-corrected chi connectivity index (χ1v) is 12.6. The van der Waals surface area contributed by atoms with E-state index in [2.05, 4.69) is 19.9 Å². The highest BCUT2D eigenvalue weighted by molar-refractivity contribution is 7.89. The van der Waals surface area contributed by atoms with Crippen LogP contribution in [0.15, 0.2) is 22.1 Å². The van der Waals surface area contributed by atoms with E-state index in [-0.39, 0.29) is 28.3 Å². The monoisotopic (exact) mass is 416 g/mol. The topological polar surface area (TPSA) is 60.4 Å². The van der Waals surface area contributed by atoms with Crippen LogP contribution in [0, 0.1) is 22.7 Å². The molecule has 0 N–H and O–H groups in total. The lowest BCUT2D eigenvalue weighted by Gasteiger charge is -2.55. The molecule has 0 aromatic rings. The SMILES string of the molecule is CCS(=O)C1=CC2CC(=O)CC[C@]2(C)C2CC[C@@]3(C)C(=C12)CC[C@@]31CCC(=O)O1. The number of esters is 1. The van der Waals surface area contributed by atoms with Gasteiger partial charge in [0.15, 0.2) is 0 Å². The smallest absolute Gasteiger partial charge is 0.306 e. The molecule has 29 heavy (non-hydrogen) atoms. The van der Waals surface area contributed by atoms with E-state index in [1.807, 2.05) is 6.92 Å². The van der Waals surface area contributed by atoms with Crippen LogP contribution >= 0.6 is 0 Å². The van der Waals surface area contributed by atoms with Gasteiger partial charge in [-0.05, 0) is 61.3 Å². The van der Waals surface area contributed by atoms with E-state index in [1.165, 1.54) is 11.1 Å². The van der Waals surface area contributed by atoms with Gasteiger partial charge in [-0.3, -0.25) is 13.8 Å². The van der Waals surface area contributed by atoms with Crippen LogP contribution in [0.1, 0.15) is 78.6 Å². The summed E-state index contributed by atoms with van der Waals surface area (Å²) in [5, 5.41) is 0. The summed E-state index contributed by atoms with van der Waals surface area (Å²) in [5.41, 5.74) is 2.30. The van der Waals surface area contributed by atoms with Gasteiger partial charge in [0.2, 0.25) is 0 Å². The third-order valence-corrected chi connectivity index (χ3v) is 10.6. The summed E-state index contributed by atoms with van der Waals surface area (Å²) in [4.78, 5) is 25.3. The molecule has 2 saturated carbocycles. The summed E-state index contributed by atoms with van der Waals surface area (Å²) in [7, 11) is -1.04. The first-order valence-electron chi connectivity index (χ1n) is 11.3. The molecule has 0 aromatic carbocycles. The maximum atomic E-state index is 13.2. The summed E-state index contributed by atoms with van der Waals surface area (Å²) in [6, 6.07) is 0. The number of allylic oxidation sites excluding steroid dienone is 2. The maximum Gasteiger partial charge on any atom is 0.306 e.